The van der Waals surface area contributed by atoms with E-state index in [0.29, 0.717) is 0 Å². The Kier molecular flexibility index (Phi) is 35.9. The maximum absolute atomic E-state index is 7.50. The average Bonchev–Trinajstić information content (AvgIpc) is 2.70. The molecule has 1 aliphatic heterocycles. The second-order valence-electron chi connectivity index (χ2n) is 2.10. The van der Waals surface area contributed by atoms with E-state index in [1.807, 2.05) is 0 Å². The molecular weight excluding hydrogens is 256 g/mol. The molecule has 0 spiro atoms. The van der Waals surface area contributed by atoms with Gasteiger partial charge in [-0.2, -0.15) is 0 Å². The minimum atomic E-state index is 1.12. The predicted octanol–water partition coefficient (Wildman–Crippen LogP) is -2.09. The van der Waals surface area contributed by atoms with E-state index >= 15 is 0 Å². The van der Waals surface area contributed by atoms with Crippen LogP contribution in [0.4, 0.5) is 0 Å². The summed E-state index contributed by atoms with van der Waals surface area (Å²) in [5.41, 5.74) is 0. The van der Waals surface area contributed by atoms with Gasteiger partial charge in [0.25, 0.3) is 27.2 Å². The van der Waals surface area contributed by atoms with Gasteiger partial charge in [-0.05, 0) is 0 Å². The van der Waals surface area contributed by atoms with Gasteiger partial charge in [0, 0.05) is 0 Å². The van der Waals surface area contributed by atoms with E-state index in [4.69, 9.17) is 19.2 Å². The van der Waals surface area contributed by atoms with Crippen molar-refractivity contribution in [1.29, 1.82) is 0 Å². The molecule has 0 N–H and O–H groups in total. The van der Waals surface area contributed by atoms with Crippen molar-refractivity contribution >= 4 is 31.8 Å². The number of hydrogen-bond donors (Lipinski definition) is 0. The number of nitrogens with zero attached hydrogens (tertiary/aromatic N) is 2. The molecule has 0 atom stereocenters. The molecule has 7 heteroatoms. The van der Waals surface area contributed by atoms with Gasteiger partial charge < -0.3 is 0 Å². The van der Waals surface area contributed by atoms with Crippen LogP contribution in [0.5, 0.6) is 0 Å². The van der Waals surface area contributed by atoms with Crippen molar-refractivity contribution in [2.45, 2.75) is 0 Å². The monoisotopic (exact) mass is 266 g/mol. The topological polar surface area (TPSA) is 74.8 Å². The first kappa shape index (κ1) is 24.3. The molecule has 0 aliphatic carbocycles. The van der Waals surface area contributed by atoms with Crippen LogP contribution in [0.25, 0.3) is 0 Å². The number of rotatable bonds is 0. The molecule has 0 aromatic heterocycles. The van der Waals surface area contributed by atoms with Crippen LogP contribution in [-0.2, 0) is 34.8 Å². The molecule has 1 fully saturated rings. The summed E-state index contributed by atoms with van der Waals surface area (Å²) in [7, 11) is 4.12. The second-order valence-corrected chi connectivity index (χ2v) is 2.60. The first-order valence-corrected chi connectivity index (χ1v) is 4.02. The maximum Gasteiger partial charge on any atom is 0.281 e. The van der Waals surface area contributed by atoms with Gasteiger partial charge in [-0.1, -0.05) is 0 Å². The zero-order chi connectivity index (χ0) is 14.1. The van der Waals surface area contributed by atoms with Gasteiger partial charge in [0.15, 0.2) is 0 Å². The zero-order valence-electron chi connectivity index (χ0n) is 8.80. The van der Waals surface area contributed by atoms with Gasteiger partial charge >= 0.3 is 57.2 Å². The molecule has 0 amide bonds. The average molecular weight is 266 g/mol. The second kappa shape index (κ2) is 23.7. The van der Waals surface area contributed by atoms with E-state index in [0.717, 1.165) is 17.8 Å². The molecule has 6 nitrogen and oxygen atoms in total. The summed E-state index contributed by atoms with van der Waals surface area (Å²) in [6.45, 7) is 20.2. The molecule has 88 valence electrons. The SMILES string of the molecule is CN1CCN(C)[C]1=[Fe].[C]=O.[C]=O.[C]=O.[C]=O. The fraction of sp³-hybridized carbons (Fsp3) is 0.444. The third-order valence-electron chi connectivity index (χ3n) is 1.38. The Hall–Kier alpha value is -1.01. The van der Waals surface area contributed by atoms with Crippen LogP contribution in [-0.4, -0.2) is 68.8 Å². The first-order valence-electron chi connectivity index (χ1n) is 3.47. The van der Waals surface area contributed by atoms with Crippen LogP contribution in [0.1, 0.15) is 0 Å². The van der Waals surface area contributed by atoms with Gasteiger partial charge in [0.1, 0.15) is 0 Å². The van der Waals surface area contributed by atoms with Crippen LogP contribution in [0.15, 0.2) is 0 Å². The number of carbonyl (C=O) groups excluding carboxylic acids is 4. The van der Waals surface area contributed by atoms with Gasteiger partial charge in [-0.25, -0.2) is 0 Å². The number of hydrogen-bond acceptors (Lipinski definition) is 6. The van der Waals surface area contributed by atoms with Crippen LogP contribution < -0.4 is 0 Å². The molecule has 1 saturated heterocycles. The van der Waals surface area contributed by atoms with Crippen molar-refractivity contribution in [1.82, 2.24) is 9.80 Å². The van der Waals surface area contributed by atoms with Gasteiger partial charge in [-0.15, -0.1) is 0 Å². The molecule has 1 heterocycles. The molecule has 16 heavy (non-hydrogen) atoms. The minimum absolute atomic E-state index is 1.12. The Morgan fingerprint density at radius 3 is 1.06 bits per heavy atom. The molecular formula is C9H10FeN2O4. The minimum Gasteiger partial charge on any atom is -0.281 e. The fourth-order valence-corrected chi connectivity index (χ4v) is 1.02. The Morgan fingerprint density at radius 1 is 0.812 bits per heavy atom. The van der Waals surface area contributed by atoms with Crippen molar-refractivity contribution in [3.8, 4) is 0 Å². The molecule has 0 bridgehead atoms. The molecule has 0 unspecified atom stereocenters. The molecule has 1 rings (SSSR count). The summed E-state index contributed by atoms with van der Waals surface area (Å²) in [5, 5.41) is 0. The Bertz CT molecular complexity index is 152. The summed E-state index contributed by atoms with van der Waals surface area (Å²) >= 11 is 3.87. The standard InChI is InChI=1S/C5H10N2.4CO.Fe/c1-6-3-4-7(2)5-6;4*1-2;/h3-4H2,1-2H3;;;;;. The number of likely N-dealkylation sites (N-methyl/N-ethyl adjacent to an activating group) is 2. The van der Waals surface area contributed by atoms with Crippen LogP contribution in [0.3, 0.4) is 0 Å². The summed E-state index contributed by atoms with van der Waals surface area (Å²) in [6.07, 6.45) is 0. The van der Waals surface area contributed by atoms with E-state index in [9.17, 15) is 0 Å². The van der Waals surface area contributed by atoms with Crippen LogP contribution >= 0.6 is 0 Å². The zero-order valence-corrected chi connectivity index (χ0v) is 9.90. The fourth-order valence-electron chi connectivity index (χ4n) is 0.770. The molecule has 1 aliphatic rings. The summed E-state index contributed by atoms with van der Waals surface area (Å²) < 4.78 is 1.13. The quantitative estimate of drug-likeness (QED) is 0.468. The molecule has 0 aromatic rings. The van der Waals surface area contributed by atoms with Crippen molar-refractivity contribution < 1.29 is 34.8 Å². The molecule has 0 saturated carbocycles. The van der Waals surface area contributed by atoms with Crippen molar-refractivity contribution in [2.75, 3.05) is 27.2 Å². The van der Waals surface area contributed by atoms with Crippen molar-refractivity contribution in [3.63, 3.8) is 0 Å². The van der Waals surface area contributed by atoms with Crippen LogP contribution in [0.2, 0.25) is 0 Å². The molecule has 8 radical (unpaired) electrons. The van der Waals surface area contributed by atoms with Gasteiger partial charge in [0.05, 0.1) is 0 Å². The third kappa shape index (κ3) is 13.0. The Labute approximate surface area is 104 Å². The Balaban J connectivity index is -0.0000000771. The van der Waals surface area contributed by atoms with Crippen LogP contribution in [0, 0.1) is 0 Å². The van der Waals surface area contributed by atoms with E-state index in [2.05, 4.69) is 66.6 Å². The summed E-state index contributed by atoms with van der Waals surface area (Å²) in [6, 6.07) is 0. The largest absolute Gasteiger partial charge is 0.281 e. The third-order valence-corrected chi connectivity index (χ3v) is 2.23. The maximum atomic E-state index is 7.50. The normalized spacial score (nSPS) is 13.6. The smallest absolute Gasteiger partial charge is 0.281 e. The van der Waals surface area contributed by atoms with E-state index < -0.39 is 0 Å². The van der Waals surface area contributed by atoms with Gasteiger partial charge in [-0.3, -0.25) is 19.2 Å². The Morgan fingerprint density at radius 2 is 1.00 bits per heavy atom. The molecule has 0 aromatic carbocycles. The van der Waals surface area contributed by atoms with E-state index in [-0.39, 0.29) is 0 Å². The predicted molar refractivity (Wildman–Crippen MR) is 53.0 cm³/mol. The summed E-state index contributed by atoms with van der Waals surface area (Å²) in [4.78, 5) is 34.3. The van der Waals surface area contributed by atoms with E-state index in [1.54, 1.807) is 0 Å². The van der Waals surface area contributed by atoms with Crippen molar-refractivity contribution in [2.24, 2.45) is 0 Å². The summed E-state index contributed by atoms with van der Waals surface area (Å²) in [5.74, 6) is 0. The van der Waals surface area contributed by atoms with Gasteiger partial charge in [0.2, 0.25) is 0 Å². The van der Waals surface area contributed by atoms with Crippen molar-refractivity contribution in [3.05, 3.63) is 0 Å². The first-order chi connectivity index (χ1) is 7.72. The van der Waals surface area contributed by atoms with E-state index in [1.165, 1.54) is 0 Å².